The first-order chi connectivity index (χ1) is 7.97. The summed E-state index contributed by atoms with van der Waals surface area (Å²) < 4.78 is 0. The lowest BCUT2D eigenvalue weighted by molar-refractivity contribution is 0.546. The van der Waals surface area contributed by atoms with Gasteiger partial charge in [-0.25, -0.2) is 9.97 Å². The van der Waals surface area contributed by atoms with E-state index in [0.717, 1.165) is 30.4 Å². The summed E-state index contributed by atoms with van der Waals surface area (Å²) in [5.74, 6) is 0.926. The Labute approximate surface area is 104 Å². The maximum atomic E-state index is 4.74. The average Bonchev–Trinajstić information content (AvgIpc) is 2.28. The predicted octanol–water partition coefficient (Wildman–Crippen LogP) is 3.07. The molecule has 0 radical (unpaired) electrons. The van der Waals surface area contributed by atoms with Crippen LogP contribution in [0.15, 0.2) is 6.07 Å². The molecule has 0 unspecified atom stereocenters. The third-order valence-electron chi connectivity index (χ3n) is 3.25. The van der Waals surface area contributed by atoms with Gasteiger partial charge in [-0.05, 0) is 32.3 Å². The van der Waals surface area contributed by atoms with E-state index >= 15 is 0 Å². The predicted molar refractivity (Wildman–Crippen MR) is 71.5 cm³/mol. The minimum Gasteiger partial charge on any atom is -0.341 e. The molecule has 1 aliphatic rings. The van der Waals surface area contributed by atoms with Crippen molar-refractivity contribution in [2.45, 2.75) is 52.4 Å². The molecule has 17 heavy (non-hydrogen) atoms. The SMILES string of the molecule is Cc1cc(C(C)(C)C)nc(N2CCCCC2)n1. The molecule has 1 aliphatic heterocycles. The number of aromatic nitrogens is 2. The Bertz CT molecular complexity index is 387. The first-order valence-corrected chi connectivity index (χ1v) is 6.58. The summed E-state index contributed by atoms with van der Waals surface area (Å²) >= 11 is 0. The highest BCUT2D eigenvalue weighted by molar-refractivity contribution is 5.34. The molecule has 94 valence electrons. The molecule has 3 nitrogen and oxygen atoms in total. The lowest BCUT2D eigenvalue weighted by atomic mass is 9.91. The molecule has 0 atom stereocenters. The summed E-state index contributed by atoms with van der Waals surface area (Å²) in [7, 11) is 0. The third-order valence-corrected chi connectivity index (χ3v) is 3.25. The summed E-state index contributed by atoms with van der Waals surface area (Å²) in [6.07, 6.45) is 3.87. The maximum absolute atomic E-state index is 4.74. The van der Waals surface area contributed by atoms with Crippen LogP contribution in [0, 0.1) is 6.92 Å². The van der Waals surface area contributed by atoms with Crippen molar-refractivity contribution >= 4 is 5.95 Å². The zero-order valence-corrected chi connectivity index (χ0v) is 11.5. The quantitative estimate of drug-likeness (QED) is 0.746. The smallest absolute Gasteiger partial charge is 0.225 e. The largest absolute Gasteiger partial charge is 0.341 e. The third kappa shape index (κ3) is 2.96. The van der Waals surface area contributed by atoms with Crippen LogP contribution in [0.2, 0.25) is 0 Å². The van der Waals surface area contributed by atoms with Crippen LogP contribution in [0.4, 0.5) is 5.95 Å². The van der Waals surface area contributed by atoms with Gasteiger partial charge < -0.3 is 4.90 Å². The van der Waals surface area contributed by atoms with Gasteiger partial charge in [0.2, 0.25) is 5.95 Å². The second-order valence-electron chi connectivity index (χ2n) is 5.99. The number of anilines is 1. The van der Waals surface area contributed by atoms with E-state index in [1.165, 1.54) is 19.3 Å². The van der Waals surface area contributed by atoms with E-state index in [2.05, 4.69) is 43.6 Å². The molecule has 0 N–H and O–H groups in total. The molecule has 2 rings (SSSR count). The van der Waals surface area contributed by atoms with E-state index in [4.69, 9.17) is 4.98 Å². The number of aryl methyl sites for hydroxylation is 1. The van der Waals surface area contributed by atoms with Crippen molar-refractivity contribution in [1.29, 1.82) is 0 Å². The van der Waals surface area contributed by atoms with Crippen LogP contribution in [0.25, 0.3) is 0 Å². The first kappa shape index (κ1) is 12.3. The van der Waals surface area contributed by atoms with E-state index in [1.54, 1.807) is 0 Å². The minimum atomic E-state index is 0.0955. The monoisotopic (exact) mass is 233 g/mol. The molecule has 1 aromatic rings. The molecule has 0 aliphatic carbocycles. The highest BCUT2D eigenvalue weighted by atomic mass is 15.3. The highest BCUT2D eigenvalue weighted by Gasteiger charge is 2.20. The zero-order valence-electron chi connectivity index (χ0n) is 11.5. The van der Waals surface area contributed by atoms with Gasteiger partial charge >= 0.3 is 0 Å². The van der Waals surface area contributed by atoms with Crippen molar-refractivity contribution in [3.05, 3.63) is 17.5 Å². The van der Waals surface area contributed by atoms with Crippen LogP contribution < -0.4 is 4.90 Å². The molecule has 0 bridgehead atoms. The number of hydrogen-bond donors (Lipinski definition) is 0. The van der Waals surface area contributed by atoms with E-state index in [1.807, 2.05) is 0 Å². The molecule has 0 amide bonds. The summed E-state index contributed by atoms with van der Waals surface area (Å²) in [4.78, 5) is 11.7. The van der Waals surface area contributed by atoms with Crippen molar-refractivity contribution in [3.63, 3.8) is 0 Å². The lowest BCUT2D eigenvalue weighted by Crippen LogP contribution is -2.32. The molecular weight excluding hydrogens is 210 g/mol. The number of hydrogen-bond acceptors (Lipinski definition) is 3. The molecule has 0 spiro atoms. The molecule has 1 saturated heterocycles. The number of nitrogens with zero attached hydrogens (tertiary/aromatic N) is 3. The minimum absolute atomic E-state index is 0.0955. The summed E-state index contributed by atoms with van der Waals surface area (Å²) in [6.45, 7) is 10.9. The van der Waals surface area contributed by atoms with Crippen molar-refractivity contribution in [2.75, 3.05) is 18.0 Å². The number of rotatable bonds is 1. The molecule has 0 aromatic carbocycles. The second-order valence-corrected chi connectivity index (χ2v) is 5.99. The Balaban J connectivity index is 2.31. The number of piperidine rings is 1. The normalized spacial score (nSPS) is 17.3. The average molecular weight is 233 g/mol. The van der Waals surface area contributed by atoms with Crippen LogP contribution in [0.1, 0.15) is 51.4 Å². The summed E-state index contributed by atoms with van der Waals surface area (Å²) in [5, 5.41) is 0. The fraction of sp³-hybridized carbons (Fsp3) is 0.714. The lowest BCUT2D eigenvalue weighted by Gasteiger charge is -2.28. The van der Waals surface area contributed by atoms with Gasteiger partial charge in [0.1, 0.15) is 0 Å². The molecule has 1 fully saturated rings. The Kier molecular flexibility index (Phi) is 3.36. The van der Waals surface area contributed by atoms with Gasteiger partial charge in [0.25, 0.3) is 0 Å². The van der Waals surface area contributed by atoms with Gasteiger partial charge in [0, 0.05) is 24.2 Å². The fourth-order valence-corrected chi connectivity index (χ4v) is 2.17. The van der Waals surface area contributed by atoms with Gasteiger partial charge in [-0.1, -0.05) is 20.8 Å². The Morgan fingerprint density at radius 3 is 2.29 bits per heavy atom. The molecular formula is C14H23N3. The topological polar surface area (TPSA) is 29.0 Å². The zero-order chi connectivity index (χ0) is 12.5. The fourth-order valence-electron chi connectivity index (χ4n) is 2.17. The molecule has 2 heterocycles. The van der Waals surface area contributed by atoms with Crippen molar-refractivity contribution in [3.8, 4) is 0 Å². The standard InChI is InChI=1S/C14H23N3/c1-11-10-12(14(2,3)4)16-13(15-11)17-8-6-5-7-9-17/h10H,5-9H2,1-4H3. The Morgan fingerprint density at radius 1 is 1.06 bits per heavy atom. The molecule has 3 heteroatoms. The maximum Gasteiger partial charge on any atom is 0.225 e. The van der Waals surface area contributed by atoms with Crippen LogP contribution >= 0.6 is 0 Å². The van der Waals surface area contributed by atoms with Gasteiger partial charge in [0.05, 0.1) is 5.69 Å². The van der Waals surface area contributed by atoms with Crippen molar-refractivity contribution < 1.29 is 0 Å². The first-order valence-electron chi connectivity index (χ1n) is 6.58. The van der Waals surface area contributed by atoms with E-state index in [-0.39, 0.29) is 5.41 Å². The summed E-state index contributed by atoms with van der Waals surface area (Å²) in [6, 6.07) is 2.10. The van der Waals surface area contributed by atoms with Crippen molar-refractivity contribution in [1.82, 2.24) is 9.97 Å². The second kappa shape index (κ2) is 4.63. The Morgan fingerprint density at radius 2 is 1.71 bits per heavy atom. The van der Waals surface area contributed by atoms with E-state index < -0.39 is 0 Å². The van der Waals surface area contributed by atoms with Gasteiger partial charge in [0.15, 0.2) is 0 Å². The Hall–Kier alpha value is -1.12. The van der Waals surface area contributed by atoms with Crippen LogP contribution in [-0.2, 0) is 5.41 Å². The highest BCUT2D eigenvalue weighted by Crippen LogP contribution is 2.24. The van der Waals surface area contributed by atoms with Crippen LogP contribution in [0.5, 0.6) is 0 Å². The molecule has 1 aromatic heterocycles. The van der Waals surface area contributed by atoms with E-state index in [0.29, 0.717) is 0 Å². The van der Waals surface area contributed by atoms with Gasteiger partial charge in [-0.15, -0.1) is 0 Å². The van der Waals surface area contributed by atoms with Crippen LogP contribution in [0.3, 0.4) is 0 Å². The molecule has 0 saturated carbocycles. The summed E-state index contributed by atoms with van der Waals surface area (Å²) in [5.41, 5.74) is 2.31. The van der Waals surface area contributed by atoms with E-state index in [9.17, 15) is 0 Å². The van der Waals surface area contributed by atoms with Crippen molar-refractivity contribution in [2.24, 2.45) is 0 Å². The van der Waals surface area contributed by atoms with Crippen LogP contribution in [-0.4, -0.2) is 23.1 Å². The van der Waals surface area contributed by atoms with Gasteiger partial charge in [-0.3, -0.25) is 0 Å². The van der Waals surface area contributed by atoms with Gasteiger partial charge in [-0.2, -0.15) is 0 Å².